The first-order valence-electron chi connectivity index (χ1n) is 11.5. The predicted molar refractivity (Wildman–Crippen MR) is 125 cm³/mol. The molecule has 0 spiro atoms. The van der Waals surface area contributed by atoms with E-state index < -0.39 is 12.0 Å². The van der Waals surface area contributed by atoms with Gasteiger partial charge in [0, 0.05) is 31.9 Å². The number of hydrogen-bond acceptors (Lipinski definition) is 5. The minimum atomic E-state index is -0.574. The van der Waals surface area contributed by atoms with E-state index in [9.17, 15) is 9.59 Å². The Morgan fingerprint density at radius 1 is 1.09 bits per heavy atom. The monoisotopic (exact) mass is 449 g/mol. The number of benzene rings is 2. The van der Waals surface area contributed by atoms with Crippen LogP contribution in [-0.2, 0) is 20.8 Å². The Balaban J connectivity index is 1.67. The lowest BCUT2D eigenvalue weighted by atomic mass is 9.95. The van der Waals surface area contributed by atoms with Crippen molar-refractivity contribution in [2.24, 2.45) is 0 Å². The molecular formula is C26H31N3O4. The molecule has 0 aliphatic carbocycles. The van der Waals surface area contributed by atoms with Gasteiger partial charge in [-0.05, 0) is 30.9 Å². The van der Waals surface area contributed by atoms with E-state index in [1.54, 1.807) is 6.92 Å². The molecule has 0 bridgehead atoms. The fourth-order valence-electron chi connectivity index (χ4n) is 4.41. The Labute approximate surface area is 194 Å². The van der Waals surface area contributed by atoms with Crippen molar-refractivity contribution in [1.29, 1.82) is 0 Å². The lowest BCUT2D eigenvalue weighted by Crippen LogP contribution is -2.49. The minimum absolute atomic E-state index is 0.141. The summed E-state index contributed by atoms with van der Waals surface area (Å²) in [5.74, 6) is -0.425. The molecule has 2 amide bonds. The number of nitrogens with zero attached hydrogens (tertiary/aromatic N) is 1. The summed E-state index contributed by atoms with van der Waals surface area (Å²) in [7, 11) is 0. The summed E-state index contributed by atoms with van der Waals surface area (Å²) in [5, 5.41) is 5.79. The van der Waals surface area contributed by atoms with E-state index in [0.29, 0.717) is 30.9 Å². The zero-order valence-corrected chi connectivity index (χ0v) is 19.0. The van der Waals surface area contributed by atoms with Gasteiger partial charge in [-0.15, -0.1) is 0 Å². The van der Waals surface area contributed by atoms with Crippen molar-refractivity contribution in [3.05, 3.63) is 83.1 Å². The van der Waals surface area contributed by atoms with Gasteiger partial charge in [-0.25, -0.2) is 9.59 Å². The molecule has 2 aliphatic rings. The number of carbonyl (C=O) groups excluding carboxylic acids is 2. The van der Waals surface area contributed by atoms with Crippen molar-refractivity contribution < 1.29 is 19.1 Å². The van der Waals surface area contributed by atoms with E-state index in [4.69, 9.17) is 9.47 Å². The van der Waals surface area contributed by atoms with Gasteiger partial charge in [-0.1, -0.05) is 60.7 Å². The maximum absolute atomic E-state index is 13.1. The number of amides is 2. The Kier molecular flexibility index (Phi) is 7.75. The number of ether oxygens (including phenoxy) is 2. The van der Waals surface area contributed by atoms with E-state index in [-0.39, 0.29) is 18.7 Å². The van der Waals surface area contributed by atoms with Gasteiger partial charge in [0.25, 0.3) is 0 Å². The fourth-order valence-corrected chi connectivity index (χ4v) is 4.41. The van der Waals surface area contributed by atoms with Crippen LogP contribution in [0.5, 0.6) is 0 Å². The van der Waals surface area contributed by atoms with Gasteiger partial charge in [0.1, 0.15) is 0 Å². The van der Waals surface area contributed by atoms with Crippen molar-refractivity contribution in [1.82, 2.24) is 15.5 Å². The van der Waals surface area contributed by atoms with Crippen LogP contribution in [0.2, 0.25) is 0 Å². The maximum Gasteiger partial charge on any atom is 0.338 e. The van der Waals surface area contributed by atoms with Crippen molar-refractivity contribution >= 4 is 12.0 Å². The van der Waals surface area contributed by atoms with Gasteiger partial charge in [0.05, 0.1) is 24.3 Å². The van der Waals surface area contributed by atoms with Crippen LogP contribution < -0.4 is 10.6 Å². The molecule has 174 valence electrons. The van der Waals surface area contributed by atoms with Crippen molar-refractivity contribution in [2.45, 2.75) is 38.5 Å². The van der Waals surface area contributed by atoms with E-state index in [0.717, 1.165) is 30.6 Å². The summed E-state index contributed by atoms with van der Waals surface area (Å²) in [6.07, 6.45) is 2.20. The molecule has 33 heavy (non-hydrogen) atoms. The Morgan fingerprint density at radius 2 is 1.82 bits per heavy atom. The summed E-state index contributed by atoms with van der Waals surface area (Å²) in [6, 6.07) is 18.8. The maximum atomic E-state index is 13.1. The van der Waals surface area contributed by atoms with Gasteiger partial charge in [-0.2, -0.15) is 0 Å². The first kappa shape index (κ1) is 23.0. The first-order chi connectivity index (χ1) is 16.1. The minimum Gasteiger partial charge on any atom is -0.463 e. The molecule has 0 saturated carbocycles. The molecule has 1 fully saturated rings. The van der Waals surface area contributed by atoms with Crippen LogP contribution in [0.4, 0.5) is 4.79 Å². The summed E-state index contributed by atoms with van der Waals surface area (Å²) in [6.45, 7) is 4.61. The lowest BCUT2D eigenvalue weighted by molar-refractivity contribution is -0.139. The van der Waals surface area contributed by atoms with Crippen molar-refractivity contribution in [3.63, 3.8) is 0 Å². The normalized spacial score (nSPS) is 20.5. The predicted octanol–water partition coefficient (Wildman–Crippen LogP) is 3.54. The number of rotatable bonds is 9. The van der Waals surface area contributed by atoms with Gasteiger partial charge in [-0.3, -0.25) is 4.90 Å². The summed E-state index contributed by atoms with van der Waals surface area (Å²) >= 11 is 0. The van der Waals surface area contributed by atoms with Crippen LogP contribution in [-0.4, -0.2) is 49.3 Å². The van der Waals surface area contributed by atoms with E-state index in [1.165, 1.54) is 0 Å². The molecule has 1 saturated heterocycles. The molecule has 2 unspecified atom stereocenters. The Morgan fingerprint density at radius 3 is 2.48 bits per heavy atom. The third-order valence-corrected chi connectivity index (χ3v) is 5.90. The van der Waals surface area contributed by atoms with E-state index in [2.05, 4.69) is 27.7 Å². The molecule has 7 nitrogen and oxygen atoms in total. The molecule has 2 N–H and O–H groups in total. The van der Waals surface area contributed by atoms with Crippen LogP contribution in [0.25, 0.3) is 0 Å². The zero-order valence-electron chi connectivity index (χ0n) is 19.0. The van der Waals surface area contributed by atoms with Gasteiger partial charge in [0.15, 0.2) is 0 Å². The molecule has 2 aromatic carbocycles. The highest BCUT2D eigenvalue weighted by molar-refractivity contribution is 5.95. The average molecular weight is 450 g/mol. The molecule has 2 atom stereocenters. The van der Waals surface area contributed by atoms with Crippen LogP contribution in [0, 0.1) is 0 Å². The first-order valence-corrected chi connectivity index (χ1v) is 11.5. The van der Waals surface area contributed by atoms with Gasteiger partial charge in [0.2, 0.25) is 0 Å². The molecule has 0 radical (unpaired) electrons. The van der Waals surface area contributed by atoms with Crippen LogP contribution >= 0.6 is 0 Å². The number of nitrogens with one attached hydrogen (secondary N) is 2. The number of hydrogen-bond donors (Lipinski definition) is 2. The highest BCUT2D eigenvalue weighted by atomic mass is 16.5. The second kappa shape index (κ2) is 11.1. The second-order valence-corrected chi connectivity index (χ2v) is 8.35. The van der Waals surface area contributed by atoms with Crippen LogP contribution in [0.15, 0.2) is 71.9 Å². The smallest absolute Gasteiger partial charge is 0.338 e. The molecule has 7 heteroatoms. The average Bonchev–Trinajstić information content (AvgIpc) is 3.33. The molecule has 4 rings (SSSR count). The molecule has 2 aromatic rings. The standard InChI is InChI=1S/C26H31N3O4/c1-2-32-25(30)23-22(27-26(31)28-24(23)20-12-7-4-8-13-20)18-29(17-21-14-9-15-33-21)16-19-10-5-3-6-11-19/h3-8,10-13,21,24H,2,9,14-18H2,1H3,(H2,27,28,31). The van der Waals surface area contributed by atoms with Gasteiger partial charge < -0.3 is 20.1 Å². The Hall–Kier alpha value is -3.16. The van der Waals surface area contributed by atoms with Gasteiger partial charge >= 0.3 is 12.0 Å². The third-order valence-electron chi connectivity index (χ3n) is 5.90. The van der Waals surface area contributed by atoms with E-state index in [1.807, 2.05) is 48.5 Å². The molecule has 0 aromatic heterocycles. The zero-order chi connectivity index (χ0) is 23.0. The largest absolute Gasteiger partial charge is 0.463 e. The van der Waals surface area contributed by atoms with Crippen LogP contribution in [0.3, 0.4) is 0 Å². The number of urea groups is 1. The van der Waals surface area contributed by atoms with Crippen LogP contribution in [0.1, 0.15) is 36.9 Å². The number of esters is 1. The fraction of sp³-hybridized carbons (Fsp3) is 0.385. The molecular weight excluding hydrogens is 418 g/mol. The Bertz CT molecular complexity index is 972. The topological polar surface area (TPSA) is 79.9 Å². The van der Waals surface area contributed by atoms with Crippen molar-refractivity contribution in [2.75, 3.05) is 26.3 Å². The highest BCUT2D eigenvalue weighted by Gasteiger charge is 2.34. The summed E-state index contributed by atoms with van der Waals surface area (Å²) in [5.41, 5.74) is 3.00. The number of carbonyl (C=O) groups is 2. The van der Waals surface area contributed by atoms with E-state index >= 15 is 0 Å². The second-order valence-electron chi connectivity index (χ2n) is 8.35. The summed E-state index contributed by atoms with van der Waals surface area (Å²) in [4.78, 5) is 27.9. The quantitative estimate of drug-likeness (QED) is 0.573. The highest BCUT2D eigenvalue weighted by Crippen LogP contribution is 2.28. The third kappa shape index (κ3) is 6.00. The van der Waals surface area contributed by atoms with Crippen molar-refractivity contribution in [3.8, 4) is 0 Å². The molecule has 2 aliphatic heterocycles. The SMILES string of the molecule is CCOC(=O)C1=C(CN(Cc2ccccc2)CC2CCCO2)NC(=O)NC1c1ccccc1. The lowest BCUT2D eigenvalue weighted by Gasteiger charge is -2.33. The molecule has 2 heterocycles. The summed E-state index contributed by atoms with van der Waals surface area (Å²) < 4.78 is 11.3.